The van der Waals surface area contributed by atoms with Crippen LogP contribution in [0, 0.1) is 5.92 Å². The highest BCUT2D eigenvalue weighted by Crippen LogP contribution is 2.34. The van der Waals surface area contributed by atoms with Crippen molar-refractivity contribution in [1.29, 1.82) is 0 Å². The van der Waals surface area contributed by atoms with Gasteiger partial charge in [-0.1, -0.05) is 12.2 Å². The Kier molecular flexibility index (Phi) is 8.25. The van der Waals surface area contributed by atoms with E-state index in [1.807, 2.05) is 12.1 Å². The number of amides is 1. The van der Waals surface area contributed by atoms with Crippen LogP contribution in [0.1, 0.15) is 37.7 Å². The van der Waals surface area contributed by atoms with Crippen LogP contribution in [-0.4, -0.2) is 64.4 Å². The van der Waals surface area contributed by atoms with Crippen LogP contribution in [0.5, 0.6) is 0 Å². The Morgan fingerprint density at radius 3 is 2.53 bits per heavy atom. The van der Waals surface area contributed by atoms with Crippen molar-refractivity contribution in [3.63, 3.8) is 0 Å². The lowest BCUT2D eigenvalue weighted by molar-refractivity contribution is -0.192. The topological polar surface area (TPSA) is 89.0 Å². The molecular weight excluding hydrogens is 429 g/mol. The molecule has 0 spiro atoms. The number of alkyl halides is 3. The lowest BCUT2D eigenvalue weighted by Crippen LogP contribution is -2.55. The van der Waals surface area contributed by atoms with Gasteiger partial charge in [-0.25, -0.2) is 4.79 Å². The number of halogens is 3. The summed E-state index contributed by atoms with van der Waals surface area (Å²) in [5, 5.41) is 7.12. The standard InChI is InChI=1S/C20H26N2O3.C2HF3O2/c23-20(16-4-2-1-3-5-16)22-12-13-24-19-17(22)6-7-18(19)25-14-15-8-10-21-11-9-15;3-2(4,5)1(6)7/h1-2,8-11,16-19H,3-7,12-14H2;(H,6,7)/t16?,17-,18+,19+;/m0./s1. The summed E-state index contributed by atoms with van der Waals surface area (Å²) >= 11 is 0. The van der Waals surface area contributed by atoms with E-state index in [1.54, 1.807) is 12.4 Å². The summed E-state index contributed by atoms with van der Waals surface area (Å²) in [6.45, 7) is 1.91. The molecule has 1 amide bonds. The van der Waals surface area contributed by atoms with Crippen molar-refractivity contribution < 1.29 is 37.3 Å². The van der Waals surface area contributed by atoms with Gasteiger partial charge in [0.15, 0.2) is 0 Å². The summed E-state index contributed by atoms with van der Waals surface area (Å²) in [5.41, 5.74) is 1.12. The van der Waals surface area contributed by atoms with E-state index in [-0.39, 0.29) is 24.2 Å². The minimum atomic E-state index is -5.08. The van der Waals surface area contributed by atoms with Gasteiger partial charge in [-0.2, -0.15) is 13.2 Å². The zero-order chi connectivity index (χ0) is 23.1. The van der Waals surface area contributed by atoms with Crippen LogP contribution in [-0.2, 0) is 25.7 Å². The second-order valence-electron chi connectivity index (χ2n) is 8.00. The monoisotopic (exact) mass is 456 g/mol. The number of aliphatic carboxylic acids is 1. The third kappa shape index (κ3) is 6.29. The molecule has 4 rings (SSSR count). The summed E-state index contributed by atoms with van der Waals surface area (Å²) in [7, 11) is 0. The molecule has 1 aromatic rings. The van der Waals surface area contributed by atoms with Crippen LogP contribution in [0.15, 0.2) is 36.7 Å². The highest BCUT2D eigenvalue weighted by atomic mass is 19.4. The molecule has 7 nitrogen and oxygen atoms in total. The van der Waals surface area contributed by atoms with Crippen LogP contribution in [0.25, 0.3) is 0 Å². The van der Waals surface area contributed by atoms with E-state index in [9.17, 15) is 18.0 Å². The van der Waals surface area contributed by atoms with E-state index in [1.165, 1.54) is 0 Å². The number of rotatable bonds is 4. The number of carboxylic acids is 1. The number of carboxylic acid groups (broad SMARTS) is 1. The molecule has 1 aliphatic heterocycles. The lowest BCUT2D eigenvalue weighted by atomic mass is 9.92. The molecule has 3 aliphatic rings. The van der Waals surface area contributed by atoms with Crippen LogP contribution >= 0.6 is 0 Å². The van der Waals surface area contributed by atoms with Crippen molar-refractivity contribution in [2.75, 3.05) is 13.2 Å². The third-order valence-corrected chi connectivity index (χ3v) is 5.89. The van der Waals surface area contributed by atoms with Crippen molar-refractivity contribution in [2.45, 2.75) is 63.1 Å². The van der Waals surface area contributed by atoms with Gasteiger partial charge >= 0.3 is 12.1 Å². The maximum absolute atomic E-state index is 13.0. The molecule has 0 radical (unpaired) electrons. The quantitative estimate of drug-likeness (QED) is 0.699. The zero-order valence-electron chi connectivity index (χ0n) is 17.5. The molecule has 4 atom stereocenters. The second kappa shape index (κ2) is 10.9. The summed E-state index contributed by atoms with van der Waals surface area (Å²) in [6, 6.07) is 4.12. The molecule has 1 saturated heterocycles. The van der Waals surface area contributed by atoms with Crippen molar-refractivity contribution in [3.05, 3.63) is 42.2 Å². The summed E-state index contributed by atoms with van der Waals surface area (Å²) in [4.78, 5) is 28.0. The molecule has 0 aromatic carbocycles. The van der Waals surface area contributed by atoms with E-state index in [0.29, 0.717) is 19.1 Å². The molecule has 2 fully saturated rings. The normalized spacial score (nSPS) is 27.3. The predicted octanol–water partition coefficient (Wildman–Crippen LogP) is 3.35. The molecule has 1 N–H and O–H groups in total. The molecule has 1 aromatic heterocycles. The Morgan fingerprint density at radius 1 is 1.19 bits per heavy atom. The maximum Gasteiger partial charge on any atom is 0.490 e. The lowest BCUT2D eigenvalue weighted by Gasteiger charge is -2.40. The Bertz CT molecular complexity index is 803. The number of pyridine rings is 1. The molecule has 2 heterocycles. The predicted molar refractivity (Wildman–Crippen MR) is 107 cm³/mol. The molecule has 0 bridgehead atoms. The van der Waals surface area contributed by atoms with Crippen LogP contribution < -0.4 is 0 Å². The van der Waals surface area contributed by atoms with Gasteiger partial charge in [-0.3, -0.25) is 9.78 Å². The fourth-order valence-electron chi connectivity index (χ4n) is 4.30. The second-order valence-corrected chi connectivity index (χ2v) is 8.00. The zero-order valence-corrected chi connectivity index (χ0v) is 17.5. The number of allylic oxidation sites excluding steroid dienone is 2. The summed E-state index contributed by atoms with van der Waals surface area (Å²) in [6.07, 6.45) is 7.71. The Labute approximate surface area is 184 Å². The van der Waals surface area contributed by atoms with E-state index < -0.39 is 12.1 Å². The highest BCUT2D eigenvalue weighted by molar-refractivity contribution is 5.79. The van der Waals surface area contributed by atoms with Crippen molar-refractivity contribution >= 4 is 11.9 Å². The number of nitrogens with zero attached hydrogens (tertiary/aromatic N) is 2. The molecule has 2 aliphatic carbocycles. The van der Waals surface area contributed by atoms with Gasteiger partial charge in [0.2, 0.25) is 5.91 Å². The van der Waals surface area contributed by atoms with Gasteiger partial charge in [0.1, 0.15) is 6.10 Å². The SMILES string of the molecule is O=C(C1CC=CCC1)N1CCO[C@H]2[C@H](OCc3ccncc3)CC[C@@H]21.O=C(O)C(F)(F)F. The minimum absolute atomic E-state index is 0.0127. The summed E-state index contributed by atoms with van der Waals surface area (Å²) < 4.78 is 43.9. The molecular formula is C22H27F3N2O5. The number of morpholine rings is 1. The first-order valence-corrected chi connectivity index (χ1v) is 10.6. The first-order valence-electron chi connectivity index (χ1n) is 10.6. The average molecular weight is 456 g/mol. The smallest absolute Gasteiger partial charge is 0.475 e. The number of hydrogen-bond acceptors (Lipinski definition) is 5. The van der Waals surface area contributed by atoms with Gasteiger partial charge in [-0.05, 0) is 49.8 Å². The van der Waals surface area contributed by atoms with Crippen LogP contribution in [0.4, 0.5) is 13.2 Å². The number of aromatic nitrogens is 1. The number of fused-ring (bicyclic) bond motifs is 1. The Morgan fingerprint density at radius 2 is 1.91 bits per heavy atom. The van der Waals surface area contributed by atoms with E-state index in [2.05, 4.69) is 22.0 Å². The highest BCUT2D eigenvalue weighted by Gasteiger charge is 2.46. The first-order chi connectivity index (χ1) is 15.3. The molecule has 176 valence electrons. The Hall–Kier alpha value is -2.46. The molecule has 32 heavy (non-hydrogen) atoms. The number of carbonyl (C=O) groups is 2. The molecule has 1 saturated carbocycles. The van der Waals surface area contributed by atoms with Crippen molar-refractivity contribution in [1.82, 2.24) is 9.88 Å². The van der Waals surface area contributed by atoms with E-state index >= 15 is 0 Å². The number of hydrogen-bond donors (Lipinski definition) is 1. The fourth-order valence-corrected chi connectivity index (χ4v) is 4.30. The average Bonchev–Trinajstić information content (AvgIpc) is 3.21. The van der Waals surface area contributed by atoms with Crippen LogP contribution in [0.3, 0.4) is 0 Å². The van der Waals surface area contributed by atoms with Gasteiger partial charge in [0.05, 0.1) is 25.4 Å². The van der Waals surface area contributed by atoms with Crippen molar-refractivity contribution in [3.8, 4) is 0 Å². The van der Waals surface area contributed by atoms with Gasteiger partial charge < -0.3 is 19.5 Å². The largest absolute Gasteiger partial charge is 0.490 e. The fraction of sp³-hybridized carbons (Fsp3) is 0.591. The molecule has 1 unspecified atom stereocenters. The van der Waals surface area contributed by atoms with Crippen molar-refractivity contribution in [2.24, 2.45) is 5.92 Å². The van der Waals surface area contributed by atoms with E-state index in [0.717, 1.165) is 44.2 Å². The van der Waals surface area contributed by atoms with E-state index in [4.69, 9.17) is 19.4 Å². The Balaban J connectivity index is 0.000000360. The maximum atomic E-state index is 13.0. The first kappa shape index (κ1) is 24.2. The van der Waals surface area contributed by atoms with Gasteiger partial charge in [0, 0.05) is 24.9 Å². The third-order valence-electron chi connectivity index (χ3n) is 5.89. The number of ether oxygens (including phenoxy) is 2. The van der Waals surface area contributed by atoms with Gasteiger partial charge in [-0.15, -0.1) is 0 Å². The minimum Gasteiger partial charge on any atom is -0.475 e. The summed E-state index contributed by atoms with van der Waals surface area (Å²) in [5.74, 6) is -2.29. The molecule has 10 heteroatoms. The van der Waals surface area contributed by atoms with Gasteiger partial charge in [0.25, 0.3) is 0 Å². The van der Waals surface area contributed by atoms with Crippen LogP contribution in [0.2, 0.25) is 0 Å². The number of carbonyl (C=O) groups excluding carboxylic acids is 1.